The highest BCUT2D eigenvalue weighted by Gasteiger charge is 2.22. The van der Waals surface area contributed by atoms with Crippen LogP contribution in [0.2, 0.25) is 0 Å². The zero-order chi connectivity index (χ0) is 14.2. The second kappa shape index (κ2) is 8.55. The zero-order valence-corrected chi connectivity index (χ0v) is 12.8. The highest BCUT2D eigenvalue weighted by Crippen LogP contribution is 2.03. The summed E-state index contributed by atoms with van der Waals surface area (Å²) in [4.78, 5) is 11.9. The van der Waals surface area contributed by atoms with Gasteiger partial charge in [-0.25, -0.2) is 13.1 Å². The van der Waals surface area contributed by atoms with E-state index >= 15 is 0 Å². The van der Waals surface area contributed by atoms with Crippen LogP contribution in [0.4, 0.5) is 0 Å². The maximum atomic E-state index is 11.9. The van der Waals surface area contributed by atoms with Gasteiger partial charge >= 0.3 is 0 Å². The van der Waals surface area contributed by atoms with Crippen molar-refractivity contribution in [2.45, 2.75) is 26.3 Å². The Morgan fingerprint density at radius 1 is 1.44 bits per heavy atom. The van der Waals surface area contributed by atoms with E-state index in [9.17, 15) is 13.2 Å². The van der Waals surface area contributed by atoms with Crippen molar-refractivity contribution in [1.82, 2.24) is 10.0 Å². The van der Waals surface area contributed by atoms with E-state index in [4.69, 9.17) is 0 Å². The Kier molecular flexibility index (Phi) is 8.30. The van der Waals surface area contributed by atoms with Gasteiger partial charge in [-0.2, -0.15) is 11.8 Å². The minimum absolute atomic E-state index is 0.0312. The van der Waals surface area contributed by atoms with Crippen molar-refractivity contribution in [1.29, 1.82) is 0 Å². The van der Waals surface area contributed by atoms with Crippen molar-refractivity contribution in [3.8, 4) is 0 Å². The molecule has 0 aliphatic rings. The summed E-state index contributed by atoms with van der Waals surface area (Å²) in [6.45, 7) is 7.39. The van der Waals surface area contributed by atoms with Crippen molar-refractivity contribution in [3.63, 3.8) is 0 Å². The third-order valence-electron chi connectivity index (χ3n) is 2.19. The number of sulfonamides is 1. The van der Waals surface area contributed by atoms with Crippen LogP contribution in [-0.4, -0.2) is 44.7 Å². The molecule has 0 aromatic rings. The van der Waals surface area contributed by atoms with Gasteiger partial charge in [-0.05, 0) is 32.3 Å². The molecule has 0 radical (unpaired) electrons. The molecule has 0 bridgehead atoms. The SMILES string of the molecule is C=C(C)CNC(=O)C(CCSC)NS(=O)(=O)CC. The lowest BCUT2D eigenvalue weighted by molar-refractivity contribution is -0.122. The quantitative estimate of drug-likeness (QED) is 0.615. The molecule has 0 rings (SSSR count). The summed E-state index contributed by atoms with van der Waals surface area (Å²) in [5.41, 5.74) is 0.824. The lowest BCUT2D eigenvalue weighted by atomic mass is 10.2. The predicted octanol–water partition coefficient (Wildman–Crippen LogP) is 0.740. The summed E-state index contributed by atoms with van der Waals surface area (Å²) in [6, 6.07) is -0.707. The number of hydrogen-bond donors (Lipinski definition) is 2. The fourth-order valence-corrected chi connectivity index (χ4v) is 2.44. The smallest absolute Gasteiger partial charge is 0.238 e. The van der Waals surface area contributed by atoms with Crippen LogP contribution in [0.15, 0.2) is 12.2 Å². The van der Waals surface area contributed by atoms with Crippen LogP contribution in [0.3, 0.4) is 0 Å². The molecule has 0 aliphatic carbocycles. The van der Waals surface area contributed by atoms with Crippen LogP contribution in [0.5, 0.6) is 0 Å². The van der Waals surface area contributed by atoms with Crippen LogP contribution < -0.4 is 10.0 Å². The van der Waals surface area contributed by atoms with Gasteiger partial charge in [0.05, 0.1) is 5.75 Å². The van der Waals surface area contributed by atoms with E-state index in [2.05, 4.69) is 16.6 Å². The Morgan fingerprint density at radius 3 is 2.50 bits per heavy atom. The number of amides is 1. The number of nitrogens with one attached hydrogen (secondary N) is 2. The van der Waals surface area contributed by atoms with E-state index in [0.29, 0.717) is 13.0 Å². The minimum Gasteiger partial charge on any atom is -0.351 e. The molecule has 0 saturated heterocycles. The van der Waals surface area contributed by atoms with E-state index in [1.165, 1.54) is 0 Å². The van der Waals surface area contributed by atoms with E-state index in [-0.39, 0.29) is 11.7 Å². The summed E-state index contributed by atoms with van der Waals surface area (Å²) in [5, 5.41) is 2.66. The highest BCUT2D eigenvalue weighted by molar-refractivity contribution is 7.98. The first kappa shape index (κ1) is 17.5. The van der Waals surface area contributed by atoms with Crippen LogP contribution in [0.25, 0.3) is 0 Å². The normalized spacial score (nSPS) is 13.1. The molecule has 0 saturated carbocycles. The first-order valence-electron chi connectivity index (χ1n) is 5.73. The number of carbonyl (C=O) groups is 1. The monoisotopic (exact) mass is 294 g/mol. The van der Waals surface area contributed by atoms with Gasteiger partial charge < -0.3 is 5.32 Å². The van der Waals surface area contributed by atoms with Crippen molar-refractivity contribution >= 4 is 27.7 Å². The first-order chi connectivity index (χ1) is 8.32. The fraction of sp³-hybridized carbons (Fsp3) is 0.727. The van der Waals surface area contributed by atoms with Gasteiger partial charge in [0.1, 0.15) is 6.04 Å². The van der Waals surface area contributed by atoms with Crippen LogP contribution in [0.1, 0.15) is 20.3 Å². The maximum absolute atomic E-state index is 11.9. The van der Waals surface area contributed by atoms with Gasteiger partial charge in [-0.3, -0.25) is 4.79 Å². The number of rotatable bonds is 9. The predicted molar refractivity (Wildman–Crippen MR) is 77.2 cm³/mol. The Labute approximate surface area is 114 Å². The summed E-state index contributed by atoms with van der Waals surface area (Å²) < 4.78 is 25.4. The Bertz CT molecular complexity index is 380. The standard InChI is InChI=1S/C11H22N2O3S2/c1-5-18(15,16)13-10(6-7-17-4)11(14)12-8-9(2)3/h10,13H,2,5-8H2,1,3-4H3,(H,12,14). The van der Waals surface area contributed by atoms with Gasteiger partial charge in [-0.15, -0.1) is 0 Å². The molecule has 1 atom stereocenters. The molecule has 0 aromatic carbocycles. The van der Waals surface area contributed by atoms with Gasteiger partial charge in [0.2, 0.25) is 15.9 Å². The Hall–Kier alpha value is -0.530. The Morgan fingerprint density at radius 2 is 2.06 bits per heavy atom. The second-order valence-electron chi connectivity index (χ2n) is 4.03. The number of carbonyl (C=O) groups excluding carboxylic acids is 1. The largest absolute Gasteiger partial charge is 0.351 e. The second-order valence-corrected chi connectivity index (χ2v) is 7.06. The van der Waals surface area contributed by atoms with E-state index in [1.54, 1.807) is 25.6 Å². The van der Waals surface area contributed by atoms with Crippen molar-refractivity contribution in [3.05, 3.63) is 12.2 Å². The molecule has 0 aliphatic heterocycles. The lowest BCUT2D eigenvalue weighted by Gasteiger charge is -2.17. The summed E-state index contributed by atoms with van der Waals surface area (Å²) in [6.07, 6.45) is 2.39. The number of thioether (sulfide) groups is 1. The molecule has 1 amide bonds. The molecule has 7 heteroatoms. The minimum atomic E-state index is -3.38. The summed E-state index contributed by atoms with van der Waals surface area (Å²) in [5.74, 6) is 0.387. The fourth-order valence-electron chi connectivity index (χ4n) is 1.14. The third kappa shape index (κ3) is 7.73. The van der Waals surface area contributed by atoms with Gasteiger partial charge in [-0.1, -0.05) is 12.2 Å². The molecule has 0 aromatic heterocycles. The lowest BCUT2D eigenvalue weighted by Crippen LogP contribution is -2.47. The molecule has 0 fully saturated rings. The zero-order valence-electron chi connectivity index (χ0n) is 11.2. The molecule has 0 heterocycles. The highest BCUT2D eigenvalue weighted by atomic mass is 32.2. The topological polar surface area (TPSA) is 75.3 Å². The van der Waals surface area contributed by atoms with Crippen LogP contribution >= 0.6 is 11.8 Å². The van der Waals surface area contributed by atoms with Gasteiger partial charge in [0, 0.05) is 6.54 Å². The molecular weight excluding hydrogens is 272 g/mol. The molecule has 0 spiro atoms. The van der Waals surface area contributed by atoms with E-state index in [1.807, 2.05) is 6.26 Å². The van der Waals surface area contributed by atoms with Crippen molar-refractivity contribution in [2.75, 3.05) is 24.3 Å². The van der Waals surface area contributed by atoms with Crippen LogP contribution in [0, 0.1) is 0 Å². The van der Waals surface area contributed by atoms with E-state index in [0.717, 1.165) is 11.3 Å². The van der Waals surface area contributed by atoms with E-state index < -0.39 is 16.1 Å². The average molecular weight is 294 g/mol. The maximum Gasteiger partial charge on any atom is 0.238 e. The Balaban J connectivity index is 4.56. The first-order valence-corrected chi connectivity index (χ1v) is 8.78. The summed E-state index contributed by atoms with van der Waals surface area (Å²) in [7, 11) is -3.38. The summed E-state index contributed by atoms with van der Waals surface area (Å²) >= 11 is 1.57. The number of hydrogen-bond acceptors (Lipinski definition) is 4. The van der Waals surface area contributed by atoms with Crippen molar-refractivity contribution in [2.24, 2.45) is 0 Å². The average Bonchev–Trinajstić information content (AvgIpc) is 2.31. The van der Waals surface area contributed by atoms with Crippen LogP contribution in [-0.2, 0) is 14.8 Å². The molecule has 106 valence electrons. The van der Waals surface area contributed by atoms with Crippen molar-refractivity contribution < 1.29 is 13.2 Å². The third-order valence-corrected chi connectivity index (χ3v) is 4.24. The van der Waals surface area contributed by atoms with Gasteiger partial charge in [0.25, 0.3) is 0 Å². The molecule has 1 unspecified atom stereocenters. The molecule has 5 nitrogen and oxygen atoms in total. The molecule has 2 N–H and O–H groups in total. The molecule has 18 heavy (non-hydrogen) atoms. The molecular formula is C11H22N2O3S2. The van der Waals surface area contributed by atoms with Gasteiger partial charge in [0.15, 0.2) is 0 Å².